The lowest BCUT2D eigenvalue weighted by atomic mass is 10.5. The predicted octanol–water partition coefficient (Wildman–Crippen LogP) is 1.31. The van der Waals surface area contributed by atoms with Gasteiger partial charge in [-0.05, 0) is 0 Å². The minimum absolute atomic E-state index is 0.128. The van der Waals surface area contributed by atoms with Crippen LogP contribution in [0, 0.1) is 0 Å². The van der Waals surface area contributed by atoms with E-state index in [9.17, 15) is 0 Å². The lowest BCUT2D eigenvalue weighted by molar-refractivity contribution is 1.18. The molecule has 0 radical (unpaired) electrons. The SMILES string of the molecule is NC(N)=N/N=C/c1c(Cl)nc2sc(Cl)cn12. The van der Waals surface area contributed by atoms with Crippen LogP contribution >= 0.6 is 34.5 Å². The molecule has 0 aromatic carbocycles. The first-order chi connectivity index (χ1) is 7.58. The molecule has 0 aliphatic rings. The van der Waals surface area contributed by atoms with Gasteiger partial charge in [-0.15, -0.1) is 5.10 Å². The Morgan fingerprint density at radius 1 is 1.50 bits per heavy atom. The smallest absolute Gasteiger partial charge is 0.211 e. The van der Waals surface area contributed by atoms with Crippen LogP contribution in [0.25, 0.3) is 4.96 Å². The summed E-state index contributed by atoms with van der Waals surface area (Å²) in [5.74, 6) is -0.128. The zero-order valence-electron chi connectivity index (χ0n) is 7.76. The standard InChI is InChI=1S/C7H6Cl2N6S/c8-4-2-15-3(1-12-14-6(10)11)5(9)13-7(15)16-4/h1-2H,(H4,10,11,14)/b12-1+. The largest absolute Gasteiger partial charge is 0.369 e. The molecule has 0 atom stereocenters. The fourth-order valence-electron chi connectivity index (χ4n) is 1.08. The van der Waals surface area contributed by atoms with Crippen molar-refractivity contribution in [2.24, 2.45) is 21.7 Å². The molecule has 0 aliphatic carbocycles. The number of halogens is 2. The van der Waals surface area contributed by atoms with Gasteiger partial charge in [-0.2, -0.15) is 5.10 Å². The third-order valence-corrected chi connectivity index (χ3v) is 3.02. The minimum Gasteiger partial charge on any atom is -0.369 e. The van der Waals surface area contributed by atoms with Gasteiger partial charge in [-0.3, -0.25) is 4.40 Å². The number of guanidine groups is 1. The molecule has 0 saturated carbocycles. The summed E-state index contributed by atoms with van der Waals surface area (Å²) in [5.41, 5.74) is 10.8. The van der Waals surface area contributed by atoms with Gasteiger partial charge >= 0.3 is 0 Å². The number of hydrogen-bond acceptors (Lipinski definition) is 4. The lowest BCUT2D eigenvalue weighted by Gasteiger charge is -1.89. The first-order valence-corrected chi connectivity index (χ1v) is 5.60. The molecule has 9 heteroatoms. The molecular formula is C7H6Cl2N6S. The van der Waals surface area contributed by atoms with Crippen molar-refractivity contribution in [3.63, 3.8) is 0 Å². The highest BCUT2D eigenvalue weighted by Gasteiger charge is 2.11. The van der Waals surface area contributed by atoms with Gasteiger partial charge in [-0.25, -0.2) is 4.98 Å². The Morgan fingerprint density at radius 3 is 2.94 bits per heavy atom. The molecule has 0 amide bonds. The summed E-state index contributed by atoms with van der Waals surface area (Å²) in [6, 6.07) is 0. The van der Waals surface area contributed by atoms with E-state index in [2.05, 4.69) is 15.2 Å². The second kappa shape index (κ2) is 4.28. The van der Waals surface area contributed by atoms with E-state index in [0.29, 0.717) is 20.1 Å². The molecule has 0 bridgehead atoms. The average Bonchev–Trinajstić information content (AvgIpc) is 2.64. The third-order valence-electron chi connectivity index (χ3n) is 1.64. The van der Waals surface area contributed by atoms with Crippen LogP contribution in [0.1, 0.15) is 5.69 Å². The van der Waals surface area contributed by atoms with Crippen molar-refractivity contribution in [2.75, 3.05) is 0 Å². The van der Waals surface area contributed by atoms with Gasteiger partial charge in [0.1, 0.15) is 10.0 Å². The van der Waals surface area contributed by atoms with E-state index in [1.54, 1.807) is 10.6 Å². The molecule has 0 spiro atoms. The van der Waals surface area contributed by atoms with Gasteiger partial charge < -0.3 is 11.5 Å². The van der Waals surface area contributed by atoms with E-state index in [4.69, 9.17) is 34.7 Å². The summed E-state index contributed by atoms with van der Waals surface area (Å²) in [4.78, 5) is 4.77. The first-order valence-electron chi connectivity index (χ1n) is 4.03. The van der Waals surface area contributed by atoms with E-state index in [1.165, 1.54) is 17.6 Å². The van der Waals surface area contributed by atoms with Crippen LogP contribution < -0.4 is 11.5 Å². The van der Waals surface area contributed by atoms with Crippen molar-refractivity contribution < 1.29 is 0 Å². The maximum atomic E-state index is 5.91. The van der Waals surface area contributed by atoms with Crippen molar-refractivity contribution in [1.29, 1.82) is 0 Å². The topological polar surface area (TPSA) is 94.1 Å². The second-order valence-corrected chi connectivity index (χ2v) is 4.74. The Balaban J connectivity index is 2.46. The normalized spacial score (nSPS) is 11.4. The molecule has 16 heavy (non-hydrogen) atoms. The van der Waals surface area contributed by atoms with Crippen molar-refractivity contribution in [1.82, 2.24) is 9.38 Å². The predicted molar refractivity (Wildman–Crippen MR) is 66.5 cm³/mol. The van der Waals surface area contributed by atoms with E-state index in [0.717, 1.165) is 0 Å². The molecule has 2 aromatic rings. The summed E-state index contributed by atoms with van der Waals surface area (Å²) in [6.07, 6.45) is 3.10. The molecule has 0 saturated heterocycles. The Hall–Kier alpha value is -1.31. The lowest BCUT2D eigenvalue weighted by Crippen LogP contribution is -2.21. The van der Waals surface area contributed by atoms with Crippen LogP contribution in [-0.4, -0.2) is 21.6 Å². The zero-order valence-corrected chi connectivity index (χ0v) is 10.1. The highest BCUT2D eigenvalue weighted by molar-refractivity contribution is 7.20. The van der Waals surface area contributed by atoms with Crippen molar-refractivity contribution >= 4 is 51.7 Å². The van der Waals surface area contributed by atoms with Crippen LogP contribution in [0.5, 0.6) is 0 Å². The first kappa shape index (κ1) is 11.2. The van der Waals surface area contributed by atoms with Gasteiger partial charge in [0.05, 0.1) is 6.21 Å². The average molecular weight is 277 g/mol. The monoisotopic (exact) mass is 276 g/mol. The highest BCUT2D eigenvalue weighted by atomic mass is 35.5. The van der Waals surface area contributed by atoms with Crippen molar-refractivity contribution in [2.45, 2.75) is 0 Å². The van der Waals surface area contributed by atoms with Gasteiger partial charge in [0.15, 0.2) is 10.1 Å². The maximum absolute atomic E-state index is 5.91. The van der Waals surface area contributed by atoms with Crippen LogP contribution in [-0.2, 0) is 0 Å². The maximum Gasteiger partial charge on any atom is 0.211 e. The zero-order chi connectivity index (χ0) is 11.7. The van der Waals surface area contributed by atoms with Crippen LogP contribution in [0.2, 0.25) is 9.49 Å². The van der Waals surface area contributed by atoms with Crippen molar-refractivity contribution in [3.05, 3.63) is 21.4 Å². The fourth-order valence-corrected chi connectivity index (χ4v) is 2.37. The molecule has 84 valence electrons. The number of nitrogens with zero attached hydrogens (tertiary/aromatic N) is 4. The Kier molecular flexibility index (Phi) is 2.99. The van der Waals surface area contributed by atoms with Gasteiger partial charge in [0.25, 0.3) is 0 Å². The van der Waals surface area contributed by atoms with Crippen LogP contribution in [0.4, 0.5) is 0 Å². The molecule has 0 unspecified atom stereocenters. The second-order valence-electron chi connectivity index (χ2n) is 2.75. The van der Waals surface area contributed by atoms with Crippen LogP contribution in [0.3, 0.4) is 0 Å². The van der Waals surface area contributed by atoms with Gasteiger partial charge in [0.2, 0.25) is 5.96 Å². The summed E-state index contributed by atoms with van der Waals surface area (Å²) >= 11 is 13.1. The Bertz CT molecular complexity index is 579. The number of thiazole rings is 1. The van der Waals surface area contributed by atoms with Gasteiger partial charge in [0, 0.05) is 6.20 Å². The molecular weight excluding hydrogens is 271 g/mol. The molecule has 6 nitrogen and oxygen atoms in total. The summed E-state index contributed by atoms with van der Waals surface area (Å²) in [6.45, 7) is 0. The van der Waals surface area contributed by atoms with Crippen molar-refractivity contribution in [3.8, 4) is 0 Å². The van der Waals surface area contributed by atoms with E-state index >= 15 is 0 Å². The summed E-state index contributed by atoms with van der Waals surface area (Å²) in [5, 5.41) is 7.45. The summed E-state index contributed by atoms with van der Waals surface area (Å²) < 4.78 is 2.32. The number of nitrogens with two attached hydrogens (primary N) is 2. The van der Waals surface area contributed by atoms with E-state index in [-0.39, 0.29) is 5.96 Å². The minimum atomic E-state index is -0.128. The number of hydrogen-bond donors (Lipinski definition) is 2. The third kappa shape index (κ3) is 2.11. The molecule has 0 aliphatic heterocycles. The van der Waals surface area contributed by atoms with Crippen LogP contribution in [0.15, 0.2) is 16.4 Å². The van der Waals surface area contributed by atoms with Gasteiger partial charge in [-0.1, -0.05) is 34.5 Å². The number of fused-ring (bicyclic) bond motifs is 1. The highest BCUT2D eigenvalue weighted by Crippen LogP contribution is 2.26. The number of rotatable bonds is 2. The molecule has 2 rings (SSSR count). The van der Waals surface area contributed by atoms with E-state index < -0.39 is 0 Å². The molecule has 2 aromatic heterocycles. The number of aromatic nitrogens is 2. The quantitative estimate of drug-likeness (QED) is 0.492. The molecule has 4 N–H and O–H groups in total. The fraction of sp³-hybridized carbons (Fsp3) is 0. The molecule has 2 heterocycles. The number of imidazole rings is 1. The summed E-state index contributed by atoms with van der Waals surface area (Å²) in [7, 11) is 0. The Labute approximate surface area is 104 Å². The Morgan fingerprint density at radius 2 is 2.25 bits per heavy atom. The van der Waals surface area contributed by atoms with E-state index in [1.807, 2.05) is 0 Å². The molecule has 0 fully saturated rings.